The van der Waals surface area contributed by atoms with Gasteiger partial charge in [-0.25, -0.2) is 0 Å². The Bertz CT molecular complexity index is 1250. The quantitative estimate of drug-likeness (QED) is 0.470. The van der Waals surface area contributed by atoms with E-state index in [1.807, 2.05) is 38.1 Å². The summed E-state index contributed by atoms with van der Waals surface area (Å²) in [7, 11) is 0. The van der Waals surface area contributed by atoms with Gasteiger partial charge in [0.1, 0.15) is 11.5 Å². The molecule has 0 aromatic heterocycles. The van der Waals surface area contributed by atoms with E-state index in [1.165, 1.54) is 12.3 Å². The molecule has 1 aliphatic heterocycles. The van der Waals surface area contributed by atoms with Crippen LogP contribution < -0.4 is 4.74 Å². The van der Waals surface area contributed by atoms with Gasteiger partial charge in [-0.1, -0.05) is 48.5 Å². The van der Waals surface area contributed by atoms with Gasteiger partial charge in [0.25, 0.3) is 11.8 Å². The Balaban J connectivity index is 1.36. The zero-order valence-electron chi connectivity index (χ0n) is 18.9. The van der Waals surface area contributed by atoms with Crippen molar-refractivity contribution in [3.8, 4) is 11.5 Å². The molecule has 3 aromatic rings. The lowest BCUT2D eigenvalue weighted by Gasteiger charge is -2.45. The molecule has 1 fully saturated rings. The number of hydrogen-bond donors (Lipinski definition) is 1. The van der Waals surface area contributed by atoms with Gasteiger partial charge in [0.2, 0.25) is 0 Å². The van der Waals surface area contributed by atoms with Crippen molar-refractivity contribution in [2.24, 2.45) is 16.9 Å². The number of phenolic OH excluding ortho intramolecular Hbond substituents is 1. The van der Waals surface area contributed by atoms with Gasteiger partial charge in [-0.05, 0) is 48.2 Å². The molecular formula is C28H24N2O4. The Labute approximate surface area is 197 Å². The number of rotatable bonds is 4. The smallest absolute Gasteiger partial charge is 0.254 e. The molecule has 2 bridgehead atoms. The van der Waals surface area contributed by atoms with Gasteiger partial charge in [-0.3, -0.25) is 9.59 Å². The molecule has 0 radical (unpaired) electrons. The fourth-order valence-corrected chi connectivity index (χ4v) is 5.87. The van der Waals surface area contributed by atoms with Crippen LogP contribution in [0, 0.1) is 11.8 Å². The molecule has 3 aromatic carbocycles. The van der Waals surface area contributed by atoms with Crippen molar-refractivity contribution in [1.82, 2.24) is 5.01 Å². The summed E-state index contributed by atoms with van der Waals surface area (Å²) in [6, 6.07) is 21.1. The normalized spacial score (nSPS) is 24.5. The van der Waals surface area contributed by atoms with Crippen molar-refractivity contribution in [3.63, 3.8) is 0 Å². The molecule has 7 rings (SSSR count). The molecule has 34 heavy (non-hydrogen) atoms. The number of imide groups is 1. The van der Waals surface area contributed by atoms with E-state index in [0.717, 1.165) is 27.3 Å². The van der Waals surface area contributed by atoms with E-state index in [0.29, 0.717) is 11.3 Å². The lowest BCUT2D eigenvalue weighted by atomic mass is 9.55. The Kier molecular flexibility index (Phi) is 4.59. The van der Waals surface area contributed by atoms with Gasteiger partial charge in [0.15, 0.2) is 0 Å². The van der Waals surface area contributed by atoms with E-state index in [9.17, 15) is 14.7 Å². The summed E-state index contributed by atoms with van der Waals surface area (Å²) < 4.78 is 5.60. The number of hydrazone groups is 1. The van der Waals surface area contributed by atoms with E-state index in [4.69, 9.17) is 4.74 Å². The molecule has 0 saturated carbocycles. The number of phenols is 1. The highest BCUT2D eigenvalue weighted by Crippen LogP contribution is 2.60. The second-order valence-electron chi connectivity index (χ2n) is 9.38. The SMILES string of the molecule is CC(C)Oc1ccc(/C=N\N2C(=O)[C@@H]3C4c5ccccc5C(c5ccccc54)[C@@H]3C2=O)c(O)c1. The molecular weight excluding hydrogens is 428 g/mol. The first-order valence-electron chi connectivity index (χ1n) is 11.5. The Hall–Kier alpha value is -3.93. The van der Waals surface area contributed by atoms with Crippen LogP contribution in [0.15, 0.2) is 71.8 Å². The molecule has 2 amide bonds. The van der Waals surface area contributed by atoms with E-state index >= 15 is 0 Å². The zero-order valence-corrected chi connectivity index (χ0v) is 18.9. The predicted molar refractivity (Wildman–Crippen MR) is 127 cm³/mol. The average molecular weight is 453 g/mol. The van der Waals surface area contributed by atoms with Crippen LogP contribution in [0.2, 0.25) is 0 Å². The Morgan fingerprint density at radius 3 is 1.79 bits per heavy atom. The van der Waals surface area contributed by atoms with Gasteiger partial charge in [-0.2, -0.15) is 10.1 Å². The fourth-order valence-electron chi connectivity index (χ4n) is 5.87. The molecule has 1 heterocycles. The molecule has 3 aliphatic carbocycles. The van der Waals surface area contributed by atoms with Crippen molar-refractivity contribution in [3.05, 3.63) is 94.5 Å². The molecule has 1 N–H and O–H groups in total. The summed E-state index contributed by atoms with van der Waals surface area (Å²) in [5.41, 5.74) is 4.90. The molecule has 170 valence electrons. The molecule has 4 aliphatic rings. The van der Waals surface area contributed by atoms with Gasteiger partial charge >= 0.3 is 0 Å². The molecule has 2 atom stereocenters. The monoisotopic (exact) mass is 452 g/mol. The van der Waals surface area contributed by atoms with Crippen LogP contribution in [-0.2, 0) is 9.59 Å². The number of carbonyl (C=O) groups excluding carboxylic acids is 2. The highest BCUT2D eigenvalue weighted by molar-refractivity contribution is 6.08. The second kappa shape index (κ2) is 7.55. The summed E-state index contributed by atoms with van der Waals surface area (Å²) in [6.45, 7) is 3.81. The van der Waals surface area contributed by atoms with Crippen molar-refractivity contribution in [2.75, 3.05) is 0 Å². The molecule has 6 heteroatoms. The number of aromatic hydroxyl groups is 1. The number of ether oxygens (including phenoxy) is 1. The van der Waals surface area contributed by atoms with E-state index in [2.05, 4.69) is 29.4 Å². The van der Waals surface area contributed by atoms with Crippen LogP contribution in [0.25, 0.3) is 0 Å². The molecule has 0 unspecified atom stereocenters. The van der Waals surface area contributed by atoms with Gasteiger partial charge in [0.05, 0.1) is 24.2 Å². The second-order valence-corrected chi connectivity index (χ2v) is 9.38. The van der Waals surface area contributed by atoms with E-state index in [-0.39, 0.29) is 35.5 Å². The maximum atomic E-state index is 13.6. The van der Waals surface area contributed by atoms with Crippen LogP contribution >= 0.6 is 0 Å². The maximum absolute atomic E-state index is 13.6. The Morgan fingerprint density at radius 1 is 0.853 bits per heavy atom. The minimum absolute atomic E-state index is 0.0225. The van der Waals surface area contributed by atoms with Crippen molar-refractivity contribution < 1.29 is 19.4 Å². The number of benzene rings is 3. The summed E-state index contributed by atoms with van der Waals surface area (Å²) in [5, 5.41) is 15.7. The lowest BCUT2D eigenvalue weighted by Crippen LogP contribution is -2.41. The van der Waals surface area contributed by atoms with E-state index < -0.39 is 11.8 Å². The van der Waals surface area contributed by atoms with Crippen molar-refractivity contribution in [1.29, 1.82) is 0 Å². The third-order valence-electron chi connectivity index (χ3n) is 7.11. The minimum Gasteiger partial charge on any atom is -0.507 e. The summed E-state index contributed by atoms with van der Waals surface area (Å²) in [5.74, 6) is -1.35. The van der Waals surface area contributed by atoms with Crippen LogP contribution in [0.1, 0.15) is 53.5 Å². The third-order valence-corrected chi connectivity index (χ3v) is 7.11. The standard InChI is InChI=1S/C28H24N2O4/c1-15(2)34-17-12-11-16(22(31)13-17)14-29-30-27(32)25-23-18-7-3-4-8-19(18)24(26(25)28(30)33)21-10-6-5-9-20(21)23/h3-15,23-26,31H,1-2H3/b29-14-/t23?,24?,25-,26+. The first-order chi connectivity index (χ1) is 16.5. The lowest BCUT2D eigenvalue weighted by molar-refractivity contribution is -0.139. The average Bonchev–Trinajstić information content (AvgIpc) is 3.08. The highest BCUT2D eigenvalue weighted by Gasteiger charge is 2.61. The first kappa shape index (κ1) is 20.7. The van der Waals surface area contributed by atoms with Crippen LogP contribution in [0.3, 0.4) is 0 Å². The number of nitrogens with zero attached hydrogens (tertiary/aromatic N) is 2. The zero-order chi connectivity index (χ0) is 23.6. The Morgan fingerprint density at radius 2 is 1.35 bits per heavy atom. The van der Waals surface area contributed by atoms with Crippen molar-refractivity contribution in [2.45, 2.75) is 31.8 Å². The molecule has 0 spiro atoms. The number of hydrogen-bond acceptors (Lipinski definition) is 5. The first-order valence-corrected chi connectivity index (χ1v) is 11.5. The van der Waals surface area contributed by atoms with Crippen LogP contribution in [0.4, 0.5) is 0 Å². The van der Waals surface area contributed by atoms with Gasteiger partial charge in [-0.15, -0.1) is 0 Å². The largest absolute Gasteiger partial charge is 0.507 e. The fraction of sp³-hybridized carbons (Fsp3) is 0.250. The van der Waals surface area contributed by atoms with Gasteiger partial charge in [0, 0.05) is 23.5 Å². The summed E-state index contributed by atoms with van der Waals surface area (Å²) in [4.78, 5) is 27.1. The summed E-state index contributed by atoms with van der Waals surface area (Å²) in [6.07, 6.45) is 1.34. The molecule has 6 nitrogen and oxygen atoms in total. The summed E-state index contributed by atoms with van der Waals surface area (Å²) >= 11 is 0. The topological polar surface area (TPSA) is 79.2 Å². The maximum Gasteiger partial charge on any atom is 0.254 e. The van der Waals surface area contributed by atoms with Crippen molar-refractivity contribution >= 4 is 18.0 Å². The van der Waals surface area contributed by atoms with Crippen LogP contribution in [-0.4, -0.2) is 34.2 Å². The number of amides is 2. The highest BCUT2D eigenvalue weighted by atomic mass is 16.5. The van der Waals surface area contributed by atoms with Crippen LogP contribution in [0.5, 0.6) is 11.5 Å². The van der Waals surface area contributed by atoms with E-state index in [1.54, 1.807) is 12.1 Å². The molecule has 1 saturated heterocycles. The minimum atomic E-state index is -0.477. The van der Waals surface area contributed by atoms with Gasteiger partial charge < -0.3 is 9.84 Å². The number of carbonyl (C=O) groups is 2. The predicted octanol–water partition coefficient (Wildman–Crippen LogP) is 4.41. The third kappa shape index (κ3) is 2.91.